The first-order valence-corrected chi connectivity index (χ1v) is 22.2. The number of aromatic nitrogens is 2. The standard InChI is InChI=1S/C47H54ClN11O5/c1-29(53-46-52-27-37(48)42(57-46)55-39-10-5-4-9-36(39)43(61)50-3)11-18-38(49-2)31-21-24-58(25-22-31)47(64)54-34-15-13-33(14-16-34)51-23-7-6-8-30-12-17-35-32(26-30)28-59(45(35)63)40-19-20-41(60)56-44(40)62/h4-5,9-12,17-18,26-27,31,33-34,40,51H,2,7,13-16,19-25,28H2,1,3H3,(H,50,61)(H,54,64)(H,56,60,62)(H2,52,53,55,57)/b29-11+,38-18-. The molecule has 1 saturated carbocycles. The van der Waals surface area contributed by atoms with E-state index in [1.807, 2.05) is 42.2 Å². The third-order valence-corrected chi connectivity index (χ3v) is 12.4. The molecule has 1 aromatic heterocycles. The van der Waals surface area contributed by atoms with Gasteiger partial charge in [0.2, 0.25) is 17.8 Å². The van der Waals surface area contributed by atoms with Gasteiger partial charge >= 0.3 is 6.03 Å². The normalized spacial score (nSPS) is 20.4. The molecule has 0 bridgehead atoms. The number of carbonyl (C=O) groups is 5. The molecule has 17 heteroatoms. The van der Waals surface area contributed by atoms with E-state index in [1.54, 1.807) is 36.2 Å². The first-order chi connectivity index (χ1) is 31.0. The van der Waals surface area contributed by atoms with Gasteiger partial charge in [-0.3, -0.25) is 29.5 Å². The van der Waals surface area contributed by atoms with Crippen LogP contribution < -0.4 is 31.9 Å². The van der Waals surface area contributed by atoms with Crippen LogP contribution in [0.1, 0.15) is 96.6 Å². The Morgan fingerprint density at radius 2 is 1.78 bits per heavy atom. The van der Waals surface area contributed by atoms with Crippen LogP contribution >= 0.6 is 11.6 Å². The van der Waals surface area contributed by atoms with Crippen LogP contribution in [0.25, 0.3) is 0 Å². The number of nitrogens with one attached hydrogen (secondary N) is 6. The van der Waals surface area contributed by atoms with Crippen LogP contribution in [0.15, 0.2) is 77.2 Å². The van der Waals surface area contributed by atoms with Crippen molar-refractivity contribution in [1.29, 1.82) is 0 Å². The first kappa shape index (κ1) is 45.5. The number of hydrogen-bond donors (Lipinski definition) is 6. The third kappa shape index (κ3) is 11.3. The zero-order valence-electron chi connectivity index (χ0n) is 36.1. The van der Waals surface area contributed by atoms with Crippen molar-refractivity contribution in [1.82, 2.24) is 41.0 Å². The summed E-state index contributed by atoms with van der Waals surface area (Å²) in [4.78, 5) is 79.1. The van der Waals surface area contributed by atoms with Crippen molar-refractivity contribution < 1.29 is 24.0 Å². The molecule has 3 aromatic rings. The van der Waals surface area contributed by atoms with Crippen molar-refractivity contribution in [2.45, 2.75) is 89.4 Å². The molecule has 4 heterocycles. The van der Waals surface area contributed by atoms with E-state index in [2.05, 4.69) is 65.4 Å². The van der Waals surface area contributed by atoms with Crippen LogP contribution in [-0.2, 0) is 16.1 Å². The summed E-state index contributed by atoms with van der Waals surface area (Å²) in [6.07, 6.45) is 11.9. The topological polar surface area (TPSA) is 202 Å². The van der Waals surface area contributed by atoms with Gasteiger partial charge in [0, 0.05) is 86.6 Å². The van der Waals surface area contributed by atoms with E-state index in [0.29, 0.717) is 72.1 Å². The summed E-state index contributed by atoms with van der Waals surface area (Å²) in [5.74, 6) is 6.13. The molecule has 0 spiro atoms. The fourth-order valence-corrected chi connectivity index (χ4v) is 8.69. The van der Waals surface area contributed by atoms with E-state index in [4.69, 9.17) is 11.6 Å². The number of piperidine rings is 2. The zero-order valence-corrected chi connectivity index (χ0v) is 36.9. The van der Waals surface area contributed by atoms with Crippen molar-refractivity contribution in [3.8, 4) is 11.8 Å². The van der Waals surface area contributed by atoms with Crippen molar-refractivity contribution in [3.05, 3.63) is 99.5 Å². The Kier molecular flexibility index (Phi) is 15.1. The fourth-order valence-electron chi connectivity index (χ4n) is 8.56. The maximum absolute atomic E-state index is 13.3. The Bertz CT molecular complexity index is 2410. The predicted octanol–water partition coefficient (Wildman–Crippen LogP) is 5.66. The van der Waals surface area contributed by atoms with E-state index in [9.17, 15) is 24.0 Å². The minimum atomic E-state index is -0.635. The van der Waals surface area contributed by atoms with Gasteiger partial charge in [-0.25, -0.2) is 9.78 Å². The molecule has 1 aliphatic carbocycles. The Labute approximate surface area is 378 Å². The highest BCUT2D eigenvalue weighted by molar-refractivity contribution is 6.33. The molecule has 2 saturated heterocycles. The average Bonchev–Trinajstić information content (AvgIpc) is 3.62. The van der Waals surface area contributed by atoms with Crippen LogP contribution in [-0.4, -0.2) is 101 Å². The molecule has 16 nitrogen and oxygen atoms in total. The van der Waals surface area contributed by atoms with Crippen molar-refractivity contribution in [2.75, 3.05) is 37.3 Å². The summed E-state index contributed by atoms with van der Waals surface area (Å²) in [6.45, 7) is 8.05. The number of urea groups is 1. The molecular weight excluding hydrogens is 834 g/mol. The summed E-state index contributed by atoms with van der Waals surface area (Å²) in [5, 5.41) is 18.5. The van der Waals surface area contributed by atoms with Gasteiger partial charge in [-0.1, -0.05) is 35.6 Å². The largest absolute Gasteiger partial charge is 0.355 e. The molecule has 0 radical (unpaired) electrons. The number of rotatable bonds is 13. The highest BCUT2D eigenvalue weighted by Gasteiger charge is 2.39. The molecule has 3 fully saturated rings. The summed E-state index contributed by atoms with van der Waals surface area (Å²) >= 11 is 6.40. The predicted molar refractivity (Wildman–Crippen MR) is 246 cm³/mol. The number of nitrogens with zero attached hydrogens (tertiary/aromatic N) is 5. The van der Waals surface area contributed by atoms with E-state index in [0.717, 1.165) is 67.6 Å². The van der Waals surface area contributed by atoms with E-state index in [-0.39, 0.29) is 42.1 Å². The number of amides is 6. The van der Waals surface area contributed by atoms with Crippen LogP contribution in [0.2, 0.25) is 5.02 Å². The molecule has 2 aromatic carbocycles. The lowest BCUT2D eigenvalue weighted by Gasteiger charge is -2.35. The fraction of sp³-hybridized carbons (Fsp3) is 0.404. The van der Waals surface area contributed by atoms with Gasteiger partial charge in [-0.05, 0) is 107 Å². The molecule has 3 aliphatic heterocycles. The lowest BCUT2D eigenvalue weighted by atomic mass is 9.91. The van der Waals surface area contributed by atoms with Crippen molar-refractivity contribution in [3.63, 3.8) is 0 Å². The van der Waals surface area contributed by atoms with E-state index >= 15 is 0 Å². The van der Waals surface area contributed by atoms with Gasteiger partial charge < -0.3 is 36.4 Å². The van der Waals surface area contributed by atoms with Gasteiger partial charge in [0.1, 0.15) is 11.1 Å². The lowest BCUT2D eigenvalue weighted by molar-refractivity contribution is -0.136. The number of hydrogen-bond acceptors (Lipinski definition) is 11. The monoisotopic (exact) mass is 887 g/mol. The number of anilines is 3. The maximum Gasteiger partial charge on any atom is 0.317 e. The molecule has 1 unspecified atom stereocenters. The number of fused-ring (bicyclic) bond motifs is 1. The number of para-hydroxylation sites is 1. The van der Waals surface area contributed by atoms with Gasteiger partial charge in [-0.2, -0.15) is 4.98 Å². The van der Waals surface area contributed by atoms with E-state index in [1.165, 1.54) is 6.20 Å². The number of halogens is 1. The van der Waals surface area contributed by atoms with Gasteiger partial charge in [0.05, 0.1) is 17.4 Å². The highest BCUT2D eigenvalue weighted by Crippen LogP contribution is 2.30. The molecule has 7 rings (SSSR count). The summed E-state index contributed by atoms with van der Waals surface area (Å²) < 4.78 is 0. The summed E-state index contributed by atoms with van der Waals surface area (Å²) in [7, 11) is 1.57. The second kappa shape index (κ2) is 21.2. The van der Waals surface area contributed by atoms with Crippen LogP contribution in [0.5, 0.6) is 0 Å². The maximum atomic E-state index is 13.3. The zero-order chi connectivity index (χ0) is 45.2. The Balaban J connectivity index is 0.802. The van der Waals surface area contributed by atoms with Crippen LogP contribution in [0.3, 0.4) is 0 Å². The molecule has 334 valence electrons. The second-order valence-corrected chi connectivity index (χ2v) is 16.8. The van der Waals surface area contributed by atoms with Crippen molar-refractivity contribution in [2.24, 2.45) is 10.9 Å². The number of imide groups is 1. The number of likely N-dealkylation sites (tertiary alicyclic amines) is 1. The quantitative estimate of drug-likeness (QED) is 0.0409. The molecule has 64 heavy (non-hydrogen) atoms. The number of benzene rings is 2. The van der Waals surface area contributed by atoms with Gasteiger partial charge in [0.25, 0.3) is 11.8 Å². The third-order valence-electron chi connectivity index (χ3n) is 12.1. The lowest BCUT2D eigenvalue weighted by Crippen LogP contribution is -2.52. The van der Waals surface area contributed by atoms with Gasteiger partial charge in [-0.15, -0.1) is 0 Å². The number of aliphatic imine (C=N–C) groups is 1. The van der Waals surface area contributed by atoms with Crippen molar-refractivity contribution >= 4 is 65.4 Å². The molecule has 6 N–H and O–H groups in total. The van der Waals surface area contributed by atoms with Crippen LogP contribution in [0, 0.1) is 17.8 Å². The summed E-state index contributed by atoms with van der Waals surface area (Å²) in [5.41, 5.74) is 4.87. The number of allylic oxidation sites excluding steroid dienone is 4. The molecule has 6 amide bonds. The van der Waals surface area contributed by atoms with Crippen LogP contribution in [0.4, 0.5) is 22.2 Å². The molecule has 4 aliphatic rings. The average molecular weight is 888 g/mol. The number of carbonyl (C=O) groups excluding carboxylic acids is 5. The summed E-state index contributed by atoms with van der Waals surface area (Å²) in [6, 6.07) is 12.5. The Morgan fingerprint density at radius 3 is 2.53 bits per heavy atom. The minimum absolute atomic E-state index is 0.0179. The first-order valence-electron chi connectivity index (χ1n) is 21.8. The van der Waals surface area contributed by atoms with E-state index < -0.39 is 11.9 Å². The Morgan fingerprint density at radius 1 is 1.02 bits per heavy atom. The van der Waals surface area contributed by atoms with Gasteiger partial charge in [0.15, 0.2) is 5.82 Å². The molecular formula is C47H54ClN11O5. The SMILES string of the molecule is C=N/C(=C\C=C(/C)Nc1ncc(Cl)c(Nc2ccccc2C(=O)NC)n1)C1CCN(C(=O)NC2CCC(NCCC#Cc3ccc4c(c3)CN(C3CCC(=O)NC3=O)C4=O)CC2)CC1. The second-order valence-electron chi connectivity index (χ2n) is 16.4. The minimum Gasteiger partial charge on any atom is -0.355 e. The Hall–Kier alpha value is -6.57. The smallest absolute Gasteiger partial charge is 0.317 e. The molecule has 1 atom stereocenters. The highest BCUT2D eigenvalue weighted by atomic mass is 35.5.